The van der Waals surface area contributed by atoms with Crippen LogP contribution in [0.3, 0.4) is 0 Å². The third-order valence-electron chi connectivity index (χ3n) is 5.95. The Hall–Kier alpha value is -2.17. The van der Waals surface area contributed by atoms with Crippen LogP contribution in [0, 0.1) is 0 Å². The molecule has 33 heavy (non-hydrogen) atoms. The van der Waals surface area contributed by atoms with Gasteiger partial charge in [-0.05, 0) is 51.8 Å². The van der Waals surface area contributed by atoms with Crippen LogP contribution < -0.4 is 4.74 Å². The van der Waals surface area contributed by atoms with Gasteiger partial charge < -0.3 is 19.1 Å². The lowest BCUT2D eigenvalue weighted by molar-refractivity contribution is -0.151. The van der Waals surface area contributed by atoms with Crippen LogP contribution in [0.5, 0.6) is 5.75 Å². The quantitative estimate of drug-likeness (QED) is 0.574. The number of methoxy groups -OCH3 is 1. The Morgan fingerprint density at radius 2 is 1.67 bits per heavy atom. The normalized spacial score (nSPS) is 23.5. The number of benzene rings is 1. The number of nitrogens with zero attached hydrogens (tertiary/aromatic N) is 2. The maximum absolute atomic E-state index is 13.3. The highest BCUT2D eigenvalue weighted by Gasteiger charge is 2.32. The molecular weight excluding hydrogens is 448 g/mol. The van der Waals surface area contributed by atoms with Crippen molar-refractivity contribution in [3.63, 3.8) is 0 Å². The molecule has 1 aromatic carbocycles. The summed E-state index contributed by atoms with van der Waals surface area (Å²) in [4.78, 5) is 27.2. The molecule has 9 nitrogen and oxygen atoms in total. The van der Waals surface area contributed by atoms with Crippen LogP contribution in [0.1, 0.15) is 56.8 Å². The van der Waals surface area contributed by atoms with Crippen LogP contribution in [-0.4, -0.2) is 81.1 Å². The van der Waals surface area contributed by atoms with Gasteiger partial charge in [0.05, 0.1) is 24.9 Å². The van der Waals surface area contributed by atoms with Crippen LogP contribution in [0.25, 0.3) is 0 Å². The predicted molar refractivity (Wildman–Crippen MR) is 122 cm³/mol. The molecule has 2 heterocycles. The van der Waals surface area contributed by atoms with Crippen LogP contribution in [0.15, 0.2) is 23.1 Å². The maximum Gasteiger partial charge on any atom is 0.338 e. The first-order valence-corrected chi connectivity index (χ1v) is 12.9. The van der Waals surface area contributed by atoms with E-state index in [0.717, 1.165) is 25.7 Å². The van der Waals surface area contributed by atoms with E-state index in [4.69, 9.17) is 14.2 Å². The highest BCUT2D eigenvalue weighted by molar-refractivity contribution is 7.89. The van der Waals surface area contributed by atoms with Gasteiger partial charge in [0, 0.05) is 26.2 Å². The van der Waals surface area contributed by atoms with Gasteiger partial charge in [-0.1, -0.05) is 12.8 Å². The van der Waals surface area contributed by atoms with E-state index in [-0.39, 0.29) is 34.3 Å². The second-order valence-electron chi connectivity index (χ2n) is 8.73. The SMILES string of the molecule is COc1ccc(C(=O)OC(C)C(=O)N2CC(C)OC(C)C2)cc1S(=O)(=O)N1CCCCCC1. The van der Waals surface area contributed by atoms with Gasteiger partial charge in [-0.15, -0.1) is 0 Å². The van der Waals surface area contributed by atoms with Crippen molar-refractivity contribution in [3.05, 3.63) is 23.8 Å². The van der Waals surface area contributed by atoms with E-state index < -0.39 is 22.1 Å². The summed E-state index contributed by atoms with van der Waals surface area (Å²) in [7, 11) is -2.46. The van der Waals surface area contributed by atoms with Crippen molar-refractivity contribution in [2.24, 2.45) is 0 Å². The lowest BCUT2D eigenvalue weighted by Crippen LogP contribution is -2.51. The fraction of sp³-hybridized carbons (Fsp3) is 0.652. The molecule has 0 N–H and O–H groups in total. The number of rotatable bonds is 6. The Labute approximate surface area is 196 Å². The Morgan fingerprint density at radius 3 is 2.24 bits per heavy atom. The molecule has 2 aliphatic rings. The van der Waals surface area contributed by atoms with Gasteiger partial charge in [-0.25, -0.2) is 13.2 Å². The fourth-order valence-corrected chi connectivity index (χ4v) is 6.02. The molecule has 0 saturated carbocycles. The molecular formula is C23H34N2O7S. The first-order chi connectivity index (χ1) is 15.6. The maximum atomic E-state index is 13.3. The molecule has 3 atom stereocenters. The second kappa shape index (κ2) is 10.8. The first kappa shape index (κ1) is 25.5. The molecule has 1 aromatic rings. The second-order valence-corrected chi connectivity index (χ2v) is 10.6. The van der Waals surface area contributed by atoms with E-state index in [1.54, 1.807) is 4.90 Å². The van der Waals surface area contributed by atoms with E-state index >= 15 is 0 Å². The third-order valence-corrected chi connectivity index (χ3v) is 7.86. The van der Waals surface area contributed by atoms with E-state index in [9.17, 15) is 18.0 Å². The van der Waals surface area contributed by atoms with Crippen LogP contribution >= 0.6 is 0 Å². The molecule has 0 aromatic heterocycles. The number of sulfonamides is 1. The highest BCUT2D eigenvalue weighted by Crippen LogP contribution is 2.30. The van der Waals surface area contributed by atoms with Gasteiger partial charge in [-0.3, -0.25) is 4.79 Å². The fourth-order valence-electron chi connectivity index (χ4n) is 4.32. The lowest BCUT2D eigenvalue weighted by atomic mass is 10.2. The molecule has 0 aliphatic carbocycles. The lowest BCUT2D eigenvalue weighted by Gasteiger charge is -2.36. The molecule has 1 amide bonds. The average Bonchev–Trinajstić information content (AvgIpc) is 3.07. The molecule has 10 heteroatoms. The molecule has 2 fully saturated rings. The third kappa shape index (κ3) is 6.04. The molecule has 3 unspecified atom stereocenters. The molecule has 184 valence electrons. The zero-order chi connectivity index (χ0) is 24.2. The van der Waals surface area contributed by atoms with Crippen molar-refractivity contribution in [2.45, 2.75) is 69.7 Å². The van der Waals surface area contributed by atoms with Crippen molar-refractivity contribution in [1.82, 2.24) is 9.21 Å². The van der Waals surface area contributed by atoms with Gasteiger partial charge in [0.25, 0.3) is 5.91 Å². The minimum Gasteiger partial charge on any atom is -0.495 e. The Balaban J connectivity index is 1.77. The van der Waals surface area contributed by atoms with E-state index in [2.05, 4.69) is 0 Å². The number of carbonyl (C=O) groups is 2. The van der Waals surface area contributed by atoms with E-state index in [0.29, 0.717) is 26.2 Å². The molecule has 0 radical (unpaired) electrons. The Morgan fingerprint density at radius 1 is 1.06 bits per heavy atom. The van der Waals surface area contributed by atoms with Crippen LogP contribution in [0.4, 0.5) is 0 Å². The van der Waals surface area contributed by atoms with E-state index in [1.165, 1.54) is 36.5 Å². The smallest absolute Gasteiger partial charge is 0.338 e. The summed E-state index contributed by atoms with van der Waals surface area (Å²) in [6, 6.07) is 4.16. The summed E-state index contributed by atoms with van der Waals surface area (Å²) < 4.78 is 44.4. The van der Waals surface area contributed by atoms with Crippen LogP contribution in [-0.2, 0) is 24.3 Å². The Kier molecular flexibility index (Phi) is 8.36. The van der Waals surface area contributed by atoms with E-state index in [1.807, 2.05) is 13.8 Å². The van der Waals surface area contributed by atoms with Crippen molar-refractivity contribution >= 4 is 21.9 Å². The summed E-state index contributed by atoms with van der Waals surface area (Å²) in [5.41, 5.74) is 0.0487. The summed E-state index contributed by atoms with van der Waals surface area (Å²) >= 11 is 0. The average molecular weight is 483 g/mol. The number of amides is 1. The van der Waals surface area contributed by atoms with Crippen molar-refractivity contribution < 1.29 is 32.2 Å². The van der Waals surface area contributed by atoms with Gasteiger partial charge in [-0.2, -0.15) is 4.31 Å². The largest absolute Gasteiger partial charge is 0.495 e. The van der Waals surface area contributed by atoms with Gasteiger partial charge in [0.2, 0.25) is 10.0 Å². The molecule has 2 saturated heterocycles. The van der Waals surface area contributed by atoms with Crippen molar-refractivity contribution in [2.75, 3.05) is 33.3 Å². The Bertz CT molecular complexity index is 948. The predicted octanol–water partition coefficient (Wildman–Crippen LogP) is 2.44. The summed E-state index contributed by atoms with van der Waals surface area (Å²) in [5, 5.41) is 0. The summed E-state index contributed by atoms with van der Waals surface area (Å²) in [5.74, 6) is -0.910. The number of hydrogen-bond donors (Lipinski definition) is 0. The first-order valence-electron chi connectivity index (χ1n) is 11.5. The minimum atomic E-state index is -3.85. The number of hydrogen-bond acceptors (Lipinski definition) is 7. The minimum absolute atomic E-state index is 0.0487. The zero-order valence-electron chi connectivity index (χ0n) is 19.8. The van der Waals surface area contributed by atoms with Gasteiger partial charge >= 0.3 is 5.97 Å². The highest BCUT2D eigenvalue weighted by atomic mass is 32.2. The van der Waals surface area contributed by atoms with Gasteiger partial charge in [0.15, 0.2) is 6.10 Å². The number of morpholine rings is 1. The number of esters is 1. The molecule has 3 rings (SSSR count). The van der Waals surface area contributed by atoms with Crippen molar-refractivity contribution in [3.8, 4) is 5.75 Å². The number of ether oxygens (including phenoxy) is 3. The molecule has 0 spiro atoms. The van der Waals surface area contributed by atoms with Gasteiger partial charge in [0.1, 0.15) is 10.6 Å². The summed E-state index contributed by atoms with van der Waals surface area (Å²) in [6.07, 6.45) is 2.35. The topological polar surface area (TPSA) is 102 Å². The molecule has 0 bridgehead atoms. The molecule has 2 aliphatic heterocycles. The monoisotopic (exact) mass is 482 g/mol. The standard InChI is InChI=1S/C23H34N2O7S/c1-16-14-24(15-17(2)31-16)22(26)18(3)32-23(27)19-9-10-20(30-4)21(13-19)33(28,29)25-11-7-5-6-8-12-25/h9-10,13,16-18H,5-8,11-12,14-15H2,1-4H3. The summed E-state index contributed by atoms with van der Waals surface area (Å²) in [6.45, 7) is 7.00. The van der Waals surface area contributed by atoms with Crippen LogP contribution in [0.2, 0.25) is 0 Å². The zero-order valence-corrected chi connectivity index (χ0v) is 20.6. The number of carbonyl (C=O) groups excluding carboxylic acids is 2. The van der Waals surface area contributed by atoms with Crippen molar-refractivity contribution in [1.29, 1.82) is 0 Å².